The highest BCUT2D eigenvalue weighted by atomic mass is 16.5. The number of benzene rings is 1. The molecule has 5 nitrogen and oxygen atoms in total. The SMILES string of the molecule is CCC(NC(=O)N(CCN(C)C)CC(C)C)c1ccc(OC)cc1. The summed E-state index contributed by atoms with van der Waals surface area (Å²) in [5.41, 5.74) is 1.10. The first-order chi connectivity index (χ1) is 11.4. The molecule has 0 fully saturated rings. The van der Waals surface area contributed by atoms with Crippen LogP contribution in [0.5, 0.6) is 5.75 Å². The largest absolute Gasteiger partial charge is 0.497 e. The smallest absolute Gasteiger partial charge is 0.317 e. The van der Waals surface area contributed by atoms with Gasteiger partial charge in [0, 0.05) is 19.6 Å². The van der Waals surface area contributed by atoms with Gasteiger partial charge < -0.3 is 19.9 Å². The lowest BCUT2D eigenvalue weighted by Crippen LogP contribution is -2.45. The second-order valence-corrected chi connectivity index (χ2v) is 6.83. The van der Waals surface area contributed by atoms with Crippen molar-refractivity contribution in [3.63, 3.8) is 0 Å². The number of nitrogens with one attached hydrogen (secondary N) is 1. The molecule has 0 radical (unpaired) electrons. The van der Waals surface area contributed by atoms with Crippen molar-refractivity contribution in [3.05, 3.63) is 29.8 Å². The summed E-state index contributed by atoms with van der Waals surface area (Å²) in [5.74, 6) is 1.27. The van der Waals surface area contributed by atoms with Gasteiger partial charge in [-0.05, 0) is 44.1 Å². The normalized spacial score (nSPS) is 12.3. The maximum atomic E-state index is 12.7. The first-order valence-corrected chi connectivity index (χ1v) is 8.71. The first-order valence-electron chi connectivity index (χ1n) is 8.71. The van der Waals surface area contributed by atoms with Crippen molar-refractivity contribution in [3.8, 4) is 5.75 Å². The summed E-state index contributed by atoms with van der Waals surface area (Å²) in [6.45, 7) is 8.71. The fourth-order valence-corrected chi connectivity index (χ4v) is 2.53. The number of likely N-dealkylation sites (N-methyl/N-ethyl adjacent to an activating group) is 1. The van der Waals surface area contributed by atoms with Crippen molar-refractivity contribution in [1.29, 1.82) is 0 Å². The third-order valence-corrected chi connectivity index (χ3v) is 3.91. The van der Waals surface area contributed by atoms with E-state index in [9.17, 15) is 4.79 Å². The average molecular weight is 335 g/mol. The maximum absolute atomic E-state index is 12.7. The molecule has 0 aliphatic heterocycles. The molecule has 0 aliphatic rings. The van der Waals surface area contributed by atoms with Crippen molar-refractivity contribution in [2.45, 2.75) is 33.2 Å². The Hall–Kier alpha value is -1.75. The van der Waals surface area contributed by atoms with E-state index in [-0.39, 0.29) is 12.1 Å². The summed E-state index contributed by atoms with van der Waals surface area (Å²) >= 11 is 0. The lowest BCUT2D eigenvalue weighted by atomic mass is 10.0. The van der Waals surface area contributed by atoms with Gasteiger partial charge in [-0.25, -0.2) is 4.79 Å². The molecular weight excluding hydrogens is 302 g/mol. The van der Waals surface area contributed by atoms with Crippen LogP contribution >= 0.6 is 0 Å². The van der Waals surface area contributed by atoms with Crippen LogP contribution < -0.4 is 10.1 Å². The van der Waals surface area contributed by atoms with Crippen LogP contribution in [-0.2, 0) is 0 Å². The fourth-order valence-electron chi connectivity index (χ4n) is 2.53. The maximum Gasteiger partial charge on any atom is 0.317 e. The Labute approximate surface area is 147 Å². The molecule has 0 aromatic heterocycles. The first kappa shape index (κ1) is 20.3. The molecule has 1 N–H and O–H groups in total. The third-order valence-electron chi connectivity index (χ3n) is 3.91. The van der Waals surface area contributed by atoms with E-state index in [1.807, 2.05) is 43.3 Å². The van der Waals surface area contributed by atoms with Crippen LogP contribution in [-0.4, -0.2) is 56.7 Å². The number of nitrogens with zero attached hydrogens (tertiary/aromatic N) is 2. The highest BCUT2D eigenvalue weighted by Gasteiger charge is 2.19. The van der Waals surface area contributed by atoms with Crippen molar-refractivity contribution >= 4 is 6.03 Å². The summed E-state index contributed by atoms with van der Waals surface area (Å²) in [6.07, 6.45) is 0.848. The Morgan fingerprint density at radius 1 is 1.17 bits per heavy atom. The Balaban J connectivity index is 2.76. The van der Waals surface area contributed by atoms with Gasteiger partial charge in [-0.1, -0.05) is 32.9 Å². The van der Waals surface area contributed by atoms with Gasteiger partial charge in [-0.15, -0.1) is 0 Å². The molecule has 1 aromatic rings. The van der Waals surface area contributed by atoms with Gasteiger partial charge in [0.1, 0.15) is 5.75 Å². The van der Waals surface area contributed by atoms with Crippen LogP contribution in [0.15, 0.2) is 24.3 Å². The summed E-state index contributed by atoms with van der Waals surface area (Å²) in [4.78, 5) is 16.7. The Morgan fingerprint density at radius 3 is 2.25 bits per heavy atom. The molecule has 0 aliphatic carbocycles. The van der Waals surface area contributed by atoms with E-state index in [1.54, 1.807) is 7.11 Å². The molecular formula is C19H33N3O2. The van der Waals surface area contributed by atoms with Crippen LogP contribution in [0.4, 0.5) is 4.79 Å². The van der Waals surface area contributed by atoms with Gasteiger partial charge in [-0.3, -0.25) is 0 Å². The topological polar surface area (TPSA) is 44.8 Å². The molecule has 1 aromatic carbocycles. The molecule has 136 valence electrons. The monoisotopic (exact) mass is 335 g/mol. The summed E-state index contributed by atoms with van der Waals surface area (Å²) in [7, 11) is 5.71. The minimum atomic E-state index is 0.00761. The molecule has 0 heterocycles. The van der Waals surface area contributed by atoms with E-state index in [4.69, 9.17) is 4.74 Å². The number of rotatable bonds is 9. The molecule has 2 amide bonds. The highest BCUT2D eigenvalue weighted by molar-refractivity contribution is 5.74. The van der Waals surface area contributed by atoms with Crippen LogP contribution in [0.25, 0.3) is 0 Å². The minimum absolute atomic E-state index is 0.00761. The van der Waals surface area contributed by atoms with Gasteiger partial charge in [0.15, 0.2) is 0 Å². The number of methoxy groups -OCH3 is 1. The second-order valence-electron chi connectivity index (χ2n) is 6.83. The molecule has 0 saturated heterocycles. The number of ether oxygens (including phenoxy) is 1. The van der Waals surface area contributed by atoms with Gasteiger partial charge in [-0.2, -0.15) is 0 Å². The standard InChI is InChI=1S/C19H33N3O2/c1-7-18(16-8-10-17(24-6)11-9-16)20-19(23)22(14-15(2)3)13-12-21(4)5/h8-11,15,18H,7,12-14H2,1-6H3,(H,20,23). The Bertz CT molecular complexity index is 486. The van der Waals surface area contributed by atoms with Crippen molar-refractivity contribution in [2.24, 2.45) is 5.92 Å². The molecule has 5 heteroatoms. The van der Waals surface area contributed by atoms with E-state index < -0.39 is 0 Å². The zero-order valence-corrected chi connectivity index (χ0v) is 16.0. The zero-order valence-electron chi connectivity index (χ0n) is 16.0. The van der Waals surface area contributed by atoms with Crippen molar-refractivity contribution < 1.29 is 9.53 Å². The van der Waals surface area contributed by atoms with Crippen LogP contribution in [0.2, 0.25) is 0 Å². The number of carbonyl (C=O) groups is 1. The van der Waals surface area contributed by atoms with E-state index in [0.29, 0.717) is 5.92 Å². The van der Waals surface area contributed by atoms with Crippen LogP contribution in [0.3, 0.4) is 0 Å². The molecule has 24 heavy (non-hydrogen) atoms. The molecule has 1 atom stereocenters. The summed E-state index contributed by atoms with van der Waals surface area (Å²) in [5, 5.41) is 3.18. The molecule has 0 saturated carbocycles. The fraction of sp³-hybridized carbons (Fsp3) is 0.632. The van der Waals surface area contributed by atoms with E-state index in [1.165, 1.54) is 0 Å². The van der Waals surface area contributed by atoms with Crippen molar-refractivity contribution in [1.82, 2.24) is 15.1 Å². The van der Waals surface area contributed by atoms with E-state index in [0.717, 1.165) is 37.4 Å². The van der Waals surface area contributed by atoms with E-state index in [2.05, 4.69) is 31.0 Å². The van der Waals surface area contributed by atoms with Crippen LogP contribution in [0, 0.1) is 5.92 Å². The van der Waals surface area contributed by atoms with Gasteiger partial charge >= 0.3 is 6.03 Å². The third kappa shape index (κ3) is 6.79. The lowest BCUT2D eigenvalue weighted by Gasteiger charge is -2.28. The number of hydrogen-bond acceptors (Lipinski definition) is 3. The van der Waals surface area contributed by atoms with Gasteiger partial charge in [0.2, 0.25) is 0 Å². The van der Waals surface area contributed by atoms with Gasteiger partial charge in [0.05, 0.1) is 13.2 Å². The molecule has 0 spiro atoms. The number of amides is 2. The van der Waals surface area contributed by atoms with Gasteiger partial charge in [0.25, 0.3) is 0 Å². The van der Waals surface area contributed by atoms with E-state index >= 15 is 0 Å². The zero-order chi connectivity index (χ0) is 18.1. The number of carbonyl (C=O) groups excluding carboxylic acids is 1. The minimum Gasteiger partial charge on any atom is -0.497 e. The Kier molecular flexibility index (Phi) is 8.61. The lowest BCUT2D eigenvalue weighted by molar-refractivity contribution is 0.180. The Morgan fingerprint density at radius 2 is 1.79 bits per heavy atom. The molecule has 0 bridgehead atoms. The summed E-state index contributed by atoms with van der Waals surface area (Å²) in [6, 6.07) is 7.91. The molecule has 1 unspecified atom stereocenters. The average Bonchev–Trinajstić information content (AvgIpc) is 2.55. The quantitative estimate of drug-likeness (QED) is 0.752. The van der Waals surface area contributed by atoms with Crippen molar-refractivity contribution in [2.75, 3.05) is 40.8 Å². The number of urea groups is 1. The highest BCUT2D eigenvalue weighted by Crippen LogP contribution is 2.20. The second kappa shape index (κ2) is 10.2. The predicted octanol–water partition coefficient (Wildman–Crippen LogP) is 3.38. The number of hydrogen-bond donors (Lipinski definition) is 1. The predicted molar refractivity (Wildman–Crippen MR) is 99.5 cm³/mol. The van der Waals surface area contributed by atoms with Crippen LogP contribution in [0.1, 0.15) is 38.8 Å². The summed E-state index contributed by atoms with van der Waals surface area (Å²) < 4.78 is 5.20. The molecule has 1 rings (SSSR count).